The standard InChI is InChI=1S/C18H20FNO4S/c1-2-23-17-9-8-15(12-16(17)19)25(21,22)20-10-11-24-18(13-20)14-6-4-3-5-7-14/h3-9,12,18H,2,10-11,13H2,1H3. The van der Waals surface area contributed by atoms with Gasteiger partial charge in [-0.25, -0.2) is 12.8 Å². The summed E-state index contributed by atoms with van der Waals surface area (Å²) in [5.74, 6) is -0.638. The normalized spacial score (nSPS) is 18.9. The van der Waals surface area contributed by atoms with Gasteiger partial charge in [0, 0.05) is 13.1 Å². The Labute approximate surface area is 147 Å². The first-order chi connectivity index (χ1) is 12.0. The van der Waals surface area contributed by atoms with E-state index in [1.807, 2.05) is 30.3 Å². The van der Waals surface area contributed by atoms with Crippen molar-refractivity contribution in [3.05, 3.63) is 59.9 Å². The van der Waals surface area contributed by atoms with E-state index in [9.17, 15) is 12.8 Å². The summed E-state index contributed by atoms with van der Waals surface area (Å²) in [6.45, 7) is 2.77. The predicted molar refractivity (Wildman–Crippen MR) is 91.5 cm³/mol. The lowest BCUT2D eigenvalue weighted by molar-refractivity contribution is -0.00255. The zero-order valence-corrected chi connectivity index (χ0v) is 14.7. The molecule has 0 aromatic heterocycles. The van der Waals surface area contributed by atoms with Crippen molar-refractivity contribution in [1.29, 1.82) is 0 Å². The number of hydrogen-bond acceptors (Lipinski definition) is 4. The fourth-order valence-electron chi connectivity index (χ4n) is 2.78. The highest BCUT2D eigenvalue weighted by Gasteiger charge is 2.32. The summed E-state index contributed by atoms with van der Waals surface area (Å²) in [4.78, 5) is -0.0813. The van der Waals surface area contributed by atoms with Gasteiger partial charge in [-0.3, -0.25) is 0 Å². The van der Waals surface area contributed by atoms with E-state index in [1.165, 1.54) is 16.4 Å². The fraction of sp³-hybridized carbons (Fsp3) is 0.333. The highest BCUT2D eigenvalue weighted by atomic mass is 32.2. The SMILES string of the molecule is CCOc1ccc(S(=O)(=O)N2CCOC(c3ccccc3)C2)cc1F. The lowest BCUT2D eigenvalue weighted by Crippen LogP contribution is -2.42. The molecule has 1 fully saturated rings. The molecule has 1 heterocycles. The van der Waals surface area contributed by atoms with Gasteiger partial charge in [-0.1, -0.05) is 30.3 Å². The van der Waals surface area contributed by atoms with Crippen LogP contribution in [-0.2, 0) is 14.8 Å². The minimum atomic E-state index is -3.80. The Morgan fingerprint density at radius 1 is 1.24 bits per heavy atom. The molecule has 7 heteroatoms. The average molecular weight is 365 g/mol. The molecule has 0 aliphatic carbocycles. The number of morpholine rings is 1. The molecule has 2 aromatic carbocycles. The molecule has 0 N–H and O–H groups in total. The van der Waals surface area contributed by atoms with Gasteiger partial charge in [-0.05, 0) is 30.7 Å². The molecule has 25 heavy (non-hydrogen) atoms. The zero-order chi connectivity index (χ0) is 17.9. The van der Waals surface area contributed by atoms with Gasteiger partial charge in [0.15, 0.2) is 11.6 Å². The van der Waals surface area contributed by atoms with E-state index in [4.69, 9.17) is 9.47 Å². The van der Waals surface area contributed by atoms with Gasteiger partial charge in [-0.2, -0.15) is 4.31 Å². The predicted octanol–water partition coefficient (Wildman–Crippen LogP) is 2.99. The molecule has 1 saturated heterocycles. The molecule has 0 radical (unpaired) electrons. The van der Waals surface area contributed by atoms with Crippen molar-refractivity contribution in [2.75, 3.05) is 26.3 Å². The van der Waals surface area contributed by atoms with E-state index in [0.717, 1.165) is 11.6 Å². The molecular weight excluding hydrogens is 345 g/mol. The second-order valence-electron chi connectivity index (χ2n) is 5.66. The number of halogens is 1. The summed E-state index contributed by atoms with van der Waals surface area (Å²) in [5, 5.41) is 0. The van der Waals surface area contributed by atoms with Crippen LogP contribution in [0, 0.1) is 5.82 Å². The Kier molecular flexibility index (Phi) is 5.36. The smallest absolute Gasteiger partial charge is 0.243 e. The third-order valence-corrected chi connectivity index (χ3v) is 5.90. The summed E-state index contributed by atoms with van der Waals surface area (Å²) in [7, 11) is -3.80. The number of sulfonamides is 1. The Hall–Kier alpha value is -1.96. The summed E-state index contributed by atoms with van der Waals surface area (Å²) < 4.78 is 51.9. The number of benzene rings is 2. The molecule has 0 spiro atoms. The van der Waals surface area contributed by atoms with Crippen molar-refractivity contribution in [1.82, 2.24) is 4.31 Å². The Morgan fingerprint density at radius 2 is 2.00 bits per heavy atom. The fourth-order valence-corrected chi connectivity index (χ4v) is 4.21. The molecular formula is C18H20FNO4S. The largest absolute Gasteiger partial charge is 0.491 e. The average Bonchev–Trinajstić information content (AvgIpc) is 2.64. The third kappa shape index (κ3) is 3.84. The summed E-state index contributed by atoms with van der Waals surface area (Å²) in [6.07, 6.45) is -0.336. The summed E-state index contributed by atoms with van der Waals surface area (Å²) >= 11 is 0. The van der Waals surface area contributed by atoms with Crippen LogP contribution in [0.1, 0.15) is 18.6 Å². The lowest BCUT2D eigenvalue weighted by Gasteiger charge is -2.32. The molecule has 0 amide bonds. The third-order valence-electron chi connectivity index (χ3n) is 4.04. The van der Waals surface area contributed by atoms with Gasteiger partial charge < -0.3 is 9.47 Å². The van der Waals surface area contributed by atoms with Crippen LogP contribution >= 0.6 is 0 Å². The molecule has 2 aromatic rings. The monoisotopic (exact) mass is 365 g/mol. The number of ether oxygens (including phenoxy) is 2. The molecule has 5 nitrogen and oxygen atoms in total. The van der Waals surface area contributed by atoms with Crippen LogP contribution in [-0.4, -0.2) is 39.0 Å². The van der Waals surface area contributed by atoms with Gasteiger partial charge in [-0.15, -0.1) is 0 Å². The maximum atomic E-state index is 14.0. The van der Waals surface area contributed by atoms with Crippen LogP contribution in [0.2, 0.25) is 0 Å². The second-order valence-corrected chi connectivity index (χ2v) is 7.60. The molecule has 1 unspecified atom stereocenters. The van der Waals surface area contributed by atoms with Crippen LogP contribution in [0.4, 0.5) is 4.39 Å². The topological polar surface area (TPSA) is 55.8 Å². The minimum Gasteiger partial charge on any atom is -0.491 e. The van der Waals surface area contributed by atoms with Gasteiger partial charge >= 0.3 is 0 Å². The van der Waals surface area contributed by atoms with Gasteiger partial charge in [0.05, 0.1) is 24.2 Å². The van der Waals surface area contributed by atoms with E-state index < -0.39 is 15.8 Å². The molecule has 1 atom stereocenters. The molecule has 0 saturated carbocycles. The van der Waals surface area contributed by atoms with Crippen LogP contribution in [0.25, 0.3) is 0 Å². The maximum Gasteiger partial charge on any atom is 0.243 e. The molecule has 3 rings (SSSR count). The van der Waals surface area contributed by atoms with Crippen LogP contribution in [0.5, 0.6) is 5.75 Å². The maximum absolute atomic E-state index is 14.0. The van der Waals surface area contributed by atoms with Crippen LogP contribution in [0.15, 0.2) is 53.4 Å². The molecule has 0 bridgehead atoms. The minimum absolute atomic E-state index is 0.0468. The van der Waals surface area contributed by atoms with E-state index in [2.05, 4.69) is 0 Å². The van der Waals surface area contributed by atoms with Crippen LogP contribution < -0.4 is 4.74 Å². The Balaban J connectivity index is 1.83. The first kappa shape index (κ1) is 17.8. The van der Waals surface area contributed by atoms with Crippen molar-refractivity contribution >= 4 is 10.0 Å². The van der Waals surface area contributed by atoms with E-state index in [0.29, 0.717) is 6.61 Å². The highest BCUT2D eigenvalue weighted by molar-refractivity contribution is 7.89. The lowest BCUT2D eigenvalue weighted by atomic mass is 10.1. The quantitative estimate of drug-likeness (QED) is 0.817. The van der Waals surface area contributed by atoms with Gasteiger partial charge in [0.2, 0.25) is 10.0 Å². The molecule has 1 aliphatic rings. The van der Waals surface area contributed by atoms with Crippen molar-refractivity contribution in [3.63, 3.8) is 0 Å². The van der Waals surface area contributed by atoms with Gasteiger partial charge in [0.25, 0.3) is 0 Å². The summed E-state index contributed by atoms with van der Waals surface area (Å²) in [6, 6.07) is 13.2. The number of hydrogen-bond donors (Lipinski definition) is 0. The summed E-state index contributed by atoms with van der Waals surface area (Å²) in [5.41, 5.74) is 0.917. The van der Waals surface area contributed by atoms with Crippen molar-refractivity contribution in [2.45, 2.75) is 17.9 Å². The van der Waals surface area contributed by atoms with Crippen molar-refractivity contribution < 1.29 is 22.3 Å². The second kappa shape index (κ2) is 7.51. The number of rotatable bonds is 5. The van der Waals surface area contributed by atoms with Crippen LogP contribution in [0.3, 0.4) is 0 Å². The Bertz CT molecular complexity index is 826. The zero-order valence-electron chi connectivity index (χ0n) is 13.9. The van der Waals surface area contributed by atoms with E-state index >= 15 is 0 Å². The molecule has 134 valence electrons. The van der Waals surface area contributed by atoms with E-state index in [-0.39, 0.29) is 36.4 Å². The molecule has 1 aliphatic heterocycles. The Morgan fingerprint density at radius 3 is 2.68 bits per heavy atom. The van der Waals surface area contributed by atoms with Crippen molar-refractivity contribution in [3.8, 4) is 5.75 Å². The number of nitrogens with zero attached hydrogens (tertiary/aromatic N) is 1. The first-order valence-corrected chi connectivity index (χ1v) is 9.55. The van der Waals surface area contributed by atoms with Crippen molar-refractivity contribution in [2.24, 2.45) is 0 Å². The van der Waals surface area contributed by atoms with E-state index in [1.54, 1.807) is 6.92 Å². The van der Waals surface area contributed by atoms with Gasteiger partial charge in [0.1, 0.15) is 0 Å². The first-order valence-electron chi connectivity index (χ1n) is 8.11. The highest BCUT2D eigenvalue weighted by Crippen LogP contribution is 2.28.